The Labute approximate surface area is 267 Å². The molecule has 17 atom stereocenters. The molecule has 0 aromatic rings. The van der Waals surface area contributed by atoms with E-state index in [9.17, 15) is 0 Å². The van der Waals surface area contributed by atoms with E-state index in [1.54, 1.807) is 0 Å². The second kappa shape index (κ2) is 12.3. The monoisotopic (exact) mass is 609 g/mol. The zero-order valence-electron chi connectivity index (χ0n) is 27.7. The maximum Gasteiger partial charge on any atom is 0.0631 e. The summed E-state index contributed by atoms with van der Waals surface area (Å²) >= 11 is 0. The fourth-order valence-corrected chi connectivity index (χ4v) is 13.1. The largest absolute Gasteiger partial charge is 0.286 e. The van der Waals surface area contributed by atoms with Crippen molar-refractivity contribution in [2.24, 2.45) is 59.2 Å². The summed E-state index contributed by atoms with van der Waals surface area (Å²) in [4.78, 5) is 0. The first-order valence-electron chi connectivity index (χ1n) is 19.7. The van der Waals surface area contributed by atoms with Gasteiger partial charge in [-0.25, -0.2) is 0 Å². The summed E-state index contributed by atoms with van der Waals surface area (Å²) in [5, 5.41) is 34.3. The molecule has 0 aromatic carbocycles. The normalized spacial score (nSPS) is 55.3. The molecule has 9 rings (SSSR count). The Hall–Kier alpha value is -0.320. The molecule has 44 heavy (non-hydrogen) atoms. The van der Waals surface area contributed by atoms with Gasteiger partial charge in [0.15, 0.2) is 0 Å². The van der Waals surface area contributed by atoms with E-state index in [1.807, 2.05) is 0 Å². The Balaban J connectivity index is 1.06. The Morgan fingerprint density at radius 3 is 1.00 bits per heavy atom. The lowest BCUT2D eigenvalue weighted by molar-refractivity contribution is 0.108. The molecule has 9 fully saturated rings. The van der Waals surface area contributed by atoms with E-state index >= 15 is 0 Å². The van der Waals surface area contributed by atoms with Gasteiger partial charge in [-0.15, -0.1) is 0 Å². The fourth-order valence-electron chi connectivity index (χ4n) is 13.1. The molecule has 0 radical (unpaired) electrons. The Kier molecular flexibility index (Phi) is 8.32. The third-order valence-corrected chi connectivity index (χ3v) is 14.8. The minimum absolute atomic E-state index is 0.391. The van der Waals surface area contributed by atoms with Crippen molar-refractivity contribution in [2.75, 3.05) is 0 Å². The molecule has 8 nitrogen and oxygen atoms in total. The lowest BCUT2D eigenvalue weighted by Crippen LogP contribution is -2.61. The van der Waals surface area contributed by atoms with Crippen LogP contribution in [-0.4, -0.2) is 49.3 Å². The SMILES string of the molecule is CC(C)CC1CCCC2C3NC4NC(NC5NC(NC6NC(NC(N3)C12)C1CCCCC61)C1CCCCC51)C1CCCCC41. The van der Waals surface area contributed by atoms with E-state index in [1.165, 1.54) is 103 Å². The fraction of sp³-hybridized carbons (Fsp3) is 1.00. The zero-order chi connectivity index (χ0) is 29.4. The first kappa shape index (κ1) is 29.8. The van der Waals surface area contributed by atoms with Crippen LogP contribution in [0.1, 0.15) is 117 Å². The van der Waals surface area contributed by atoms with Gasteiger partial charge in [-0.3, -0.25) is 42.5 Å². The van der Waals surface area contributed by atoms with Crippen LogP contribution in [0.5, 0.6) is 0 Å². The van der Waals surface area contributed by atoms with Gasteiger partial charge in [0.05, 0.1) is 49.3 Å². The number of hydrogen-bond acceptors (Lipinski definition) is 8. The molecule has 5 aliphatic heterocycles. The molecule has 0 amide bonds. The maximum atomic E-state index is 4.36. The molecule has 9 aliphatic rings. The summed E-state index contributed by atoms with van der Waals surface area (Å²) in [6, 6.07) is 0. The third kappa shape index (κ3) is 5.24. The highest BCUT2D eigenvalue weighted by Crippen LogP contribution is 2.47. The van der Waals surface area contributed by atoms with E-state index in [-0.39, 0.29) is 0 Å². The van der Waals surface area contributed by atoms with Crippen molar-refractivity contribution in [3.8, 4) is 0 Å². The van der Waals surface area contributed by atoms with Gasteiger partial charge >= 0.3 is 0 Å². The highest BCUT2D eigenvalue weighted by atomic mass is 15.4. The van der Waals surface area contributed by atoms with Gasteiger partial charge in [-0.2, -0.15) is 0 Å². The number of nitrogens with one attached hydrogen (secondary N) is 8. The molecule has 17 unspecified atom stereocenters. The predicted octanol–water partition coefficient (Wildman–Crippen LogP) is 3.88. The van der Waals surface area contributed by atoms with Gasteiger partial charge in [0.1, 0.15) is 0 Å². The van der Waals surface area contributed by atoms with Crippen molar-refractivity contribution >= 4 is 0 Å². The Bertz CT molecular complexity index is 1010. The molecule has 4 aliphatic carbocycles. The molecule has 5 heterocycles. The van der Waals surface area contributed by atoms with E-state index in [4.69, 9.17) is 0 Å². The van der Waals surface area contributed by atoms with Crippen LogP contribution in [0.3, 0.4) is 0 Å². The summed E-state index contributed by atoms with van der Waals surface area (Å²) in [7, 11) is 0. The lowest BCUT2D eigenvalue weighted by Gasteiger charge is -2.40. The van der Waals surface area contributed by atoms with Gasteiger partial charge in [-0.05, 0) is 111 Å². The van der Waals surface area contributed by atoms with Crippen molar-refractivity contribution < 1.29 is 0 Å². The van der Waals surface area contributed by atoms with E-state index < -0.39 is 0 Å². The Morgan fingerprint density at radius 1 is 0.364 bits per heavy atom. The average molecular weight is 609 g/mol. The number of rotatable bonds is 2. The van der Waals surface area contributed by atoms with Gasteiger partial charge in [0, 0.05) is 0 Å². The lowest BCUT2D eigenvalue weighted by atomic mass is 9.69. The van der Waals surface area contributed by atoms with Crippen LogP contribution >= 0.6 is 0 Å². The van der Waals surface area contributed by atoms with Crippen molar-refractivity contribution in [3.05, 3.63) is 0 Å². The van der Waals surface area contributed by atoms with Gasteiger partial charge in [-0.1, -0.05) is 65.2 Å². The molecule has 4 saturated carbocycles. The van der Waals surface area contributed by atoms with Gasteiger partial charge < -0.3 is 0 Å². The standard InChI is InChI=1S/C36H64N8/c1-19(2)18-20-10-9-17-27-28(20)36-43-34-26-16-8-7-15-25(26)32(41-34)39-30-22-12-4-3-11-21(22)29(37-30)38-31-23-13-5-6-14-24(23)33(40-31)42-35(27)44-36/h19-44H,3-18H2,1-2H3. The van der Waals surface area contributed by atoms with Crippen LogP contribution in [0, 0.1) is 59.2 Å². The van der Waals surface area contributed by atoms with Crippen LogP contribution in [0.15, 0.2) is 0 Å². The van der Waals surface area contributed by atoms with E-state index in [0.29, 0.717) is 55.2 Å². The molecular formula is C36H64N8. The van der Waals surface area contributed by atoms with E-state index in [2.05, 4.69) is 56.4 Å². The molecule has 0 spiro atoms. The first-order valence-corrected chi connectivity index (χ1v) is 19.7. The summed E-state index contributed by atoms with van der Waals surface area (Å²) in [5.41, 5.74) is 0. The van der Waals surface area contributed by atoms with Crippen molar-refractivity contribution in [2.45, 2.75) is 166 Å². The second-order valence-corrected chi connectivity index (χ2v) is 17.6. The Morgan fingerprint density at radius 2 is 0.659 bits per heavy atom. The molecule has 8 heteroatoms. The smallest absolute Gasteiger partial charge is 0.0631 e. The molecule has 8 bridgehead atoms. The zero-order valence-corrected chi connectivity index (χ0v) is 27.7. The molecule has 5 saturated heterocycles. The van der Waals surface area contributed by atoms with Gasteiger partial charge in [0.25, 0.3) is 0 Å². The minimum atomic E-state index is 0.391. The van der Waals surface area contributed by atoms with Crippen molar-refractivity contribution in [3.63, 3.8) is 0 Å². The van der Waals surface area contributed by atoms with Crippen molar-refractivity contribution in [1.29, 1.82) is 0 Å². The number of fused-ring (bicyclic) bond motifs is 20. The molecule has 8 N–H and O–H groups in total. The first-order chi connectivity index (χ1) is 21.6. The van der Waals surface area contributed by atoms with Crippen LogP contribution in [0.2, 0.25) is 0 Å². The topological polar surface area (TPSA) is 96.2 Å². The summed E-state index contributed by atoms with van der Waals surface area (Å²) < 4.78 is 0. The minimum Gasteiger partial charge on any atom is -0.286 e. The maximum absolute atomic E-state index is 4.36. The molecule has 0 aromatic heterocycles. The van der Waals surface area contributed by atoms with Gasteiger partial charge in [0.2, 0.25) is 0 Å². The molecular weight excluding hydrogens is 544 g/mol. The highest BCUT2D eigenvalue weighted by molar-refractivity contribution is 5.09. The number of hydrogen-bond donors (Lipinski definition) is 8. The third-order valence-electron chi connectivity index (χ3n) is 14.8. The van der Waals surface area contributed by atoms with Crippen molar-refractivity contribution in [1.82, 2.24) is 42.5 Å². The average Bonchev–Trinajstić information content (AvgIpc) is 3.77. The molecule has 248 valence electrons. The predicted molar refractivity (Wildman–Crippen MR) is 176 cm³/mol. The highest BCUT2D eigenvalue weighted by Gasteiger charge is 2.55. The summed E-state index contributed by atoms with van der Waals surface area (Å²) in [6.07, 6.45) is 25.4. The summed E-state index contributed by atoms with van der Waals surface area (Å²) in [6.45, 7) is 4.90. The van der Waals surface area contributed by atoms with E-state index in [0.717, 1.165) is 53.3 Å². The van der Waals surface area contributed by atoms with Crippen LogP contribution in [0.25, 0.3) is 0 Å². The van der Waals surface area contributed by atoms with Crippen LogP contribution in [0.4, 0.5) is 0 Å². The van der Waals surface area contributed by atoms with Crippen LogP contribution < -0.4 is 42.5 Å². The van der Waals surface area contributed by atoms with Crippen LogP contribution in [-0.2, 0) is 0 Å². The second-order valence-electron chi connectivity index (χ2n) is 17.6. The quantitative estimate of drug-likeness (QED) is 0.240. The summed E-state index contributed by atoms with van der Waals surface area (Å²) in [5.74, 6) is 7.44.